The van der Waals surface area contributed by atoms with Crippen molar-refractivity contribution in [3.05, 3.63) is 70.9 Å². The summed E-state index contributed by atoms with van der Waals surface area (Å²) < 4.78 is 23.5. The zero-order valence-corrected chi connectivity index (χ0v) is 16.1. The van der Waals surface area contributed by atoms with Gasteiger partial charge >= 0.3 is 5.97 Å². The molecule has 0 aliphatic rings. The van der Waals surface area contributed by atoms with E-state index in [0.717, 1.165) is 0 Å². The van der Waals surface area contributed by atoms with Gasteiger partial charge in [-0.1, -0.05) is 18.2 Å². The first kappa shape index (κ1) is 19.6. The maximum Gasteiger partial charge on any atom is 0.341 e. The summed E-state index contributed by atoms with van der Waals surface area (Å²) in [6.07, 6.45) is 0. The van der Waals surface area contributed by atoms with Crippen molar-refractivity contribution in [1.29, 1.82) is 0 Å². The Bertz CT molecular complexity index is 998. The lowest BCUT2D eigenvalue weighted by Crippen LogP contribution is -2.14. The molecule has 144 valence electrons. The molecule has 0 saturated heterocycles. The first-order valence-corrected chi connectivity index (χ1v) is 9.41. The van der Waals surface area contributed by atoms with E-state index in [1.165, 1.54) is 30.6 Å². The van der Waals surface area contributed by atoms with Gasteiger partial charge in [0, 0.05) is 16.5 Å². The summed E-state index contributed by atoms with van der Waals surface area (Å²) in [6, 6.07) is 12.5. The molecule has 1 amide bonds. The molecule has 1 aromatic heterocycles. The number of benzene rings is 2. The van der Waals surface area contributed by atoms with E-state index in [0.29, 0.717) is 34.0 Å². The van der Waals surface area contributed by atoms with Gasteiger partial charge in [0.05, 0.1) is 13.7 Å². The molecule has 0 spiro atoms. The van der Waals surface area contributed by atoms with Crippen LogP contribution >= 0.6 is 11.3 Å². The summed E-state index contributed by atoms with van der Waals surface area (Å²) in [7, 11) is 1.27. The summed E-state index contributed by atoms with van der Waals surface area (Å²) in [5.74, 6) is -0.749. The van der Waals surface area contributed by atoms with Crippen LogP contribution in [0.4, 0.5) is 9.39 Å². The molecule has 5 nitrogen and oxygen atoms in total. The number of hydrogen-bond acceptors (Lipinski definition) is 5. The number of esters is 1. The molecule has 0 aliphatic heterocycles. The Morgan fingerprint density at radius 3 is 2.57 bits per heavy atom. The zero-order valence-electron chi connectivity index (χ0n) is 15.3. The van der Waals surface area contributed by atoms with Crippen LogP contribution in [-0.4, -0.2) is 25.6 Å². The van der Waals surface area contributed by atoms with Crippen LogP contribution < -0.4 is 10.1 Å². The average molecular weight is 399 g/mol. The van der Waals surface area contributed by atoms with Crippen molar-refractivity contribution in [3.63, 3.8) is 0 Å². The monoisotopic (exact) mass is 399 g/mol. The molecular formula is C21H18FNO4S. The molecule has 0 bridgehead atoms. The molecule has 28 heavy (non-hydrogen) atoms. The minimum atomic E-state index is -0.584. The molecule has 7 heteroatoms. The van der Waals surface area contributed by atoms with Crippen LogP contribution in [0.1, 0.15) is 27.6 Å². The van der Waals surface area contributed by atoms with Crippen molar-refractivity contribution in [3.8, 4) is 16.9 Å². The van der Waals surface area contributed by atoms with E-state index in [4.69, 9.17) is 9.47 Å². The topological polar surface area (TPSA) is 64.6 Å². The van der Waals surface area contributed by atoms with E-state index >= 15 is 0 Å². The molecule has 3 rings (SSSR count). The smallest absolute Gasteiger partial charge is 0.341 e. The number of nitrogens with one attached hydrogen (secondary N) is 1. The SMILES string of the molecule is CCOc1cccc(C(=O)Nc2scc(-c3ccc(F)cc3)c2C(=O)OC)c1. The van der Waals surface area contributed by atoms with Crippen molar-refractivity contribution in [2.45, 2.75) is 6.92 Å². The fraction of sp³-hybridized carbons (Fsp3) is 0.143. The van der Waals surface area contributed by atoms with Gasteiger partial charge in [-0.05, 0) is 42.8 Å². The summed E-state index contributed by atoms with van der Waals surface area (Å²) in [5, 5.41) is 4.85. The van der Waals surface area contributed by atoms with Crippen LogP contribution in [0, 0.1) is 5.82 Å². The van der Waals surface area contributed by atoms with Gasteiger partial charge in [0.25, 0.3) is 5.91 Å². The number of methoxy groups -OCH3 is 1. The third-order valence-electron chi connectivity index (χ3n) is 3.97. The molecule has 0 aliphatic carbocycles. The molecule has 1 N–H and O–H groups in total. The number of hydrogen-bond donors (Lipinski definition) is 1. The third kappa shape index (κ3) is 4.20. The Kier molecular flexibility index (Phi) is 6.06. The van der Waals surface area contributed by atoms with E-state index in [2.05, 4.69) is 5.32 Å². The predicted molar refractivity (Wildman–Crippen MR) is 107 cm³/mol. The van der Waals surface area contributed by atoms with Gasteiger partial charge in [-0.15, -0.1) is 11.3 Å². The van der Waals surface area contributed by atoms with E-state index in [-0.39, 0.29) is 17.3 Å². The van der Waals surface area contributed by atoms with Gasteiger partial charge in [-0.3, -0.25) is 4.79 Å². The minimum Gasteiger partial charge on any atom is -0.494 e. The highest BCUT2D eigenvalue weighted by molar-refractivity contribution is 7.15. The quantitative estimate of drug-likeness (QED) is 0.593. The maximum absolute atomic E-state index is 13.2. The van der Waals surface area contributed by atoms with Gasteiger partial charge in [0.1, 0.15) is 22.1 Å². The van der Waals surface area contributed by atoms with Crippen LogP contribution in [0.25, 0.3) is 11.1 Å². The van der Waals surface area contributed by atoms with Gasteiger partial charge < -0.3 is 14.8 Å². The summed E-state index contributed by atoms with van der Waals surface area (Å²) in [6.45, 7) is 2.35. The van der Waals surface area contributed by atoms with Crippen LogP contribution in [0.15, 0.2) is 53.9 Å². The standard InChI is InChI=1S/C21H18FNO4S/c1-3-27-16-6-4-5-14(11-16)19(24)23-20-18(21(25)26-2)17(12-28-20)13-7-9-15(22)10-8-13/h4-12H,3H2,1-2H3,(H,23,24). The first-order valence-electron chi connectivity index (χ1n) is 8.53. The molecule has 2 aromatic carbocycles. The summed E-state index contributed by atoms with van der Waals surface area (Å²) in [4.78, 5) is 25.0. The van der Waals surface area contributed by atoms with E-state index < -0.39 is 5.97 Å². The van der Waals surface area contributed by atoms with Crippen molar-refractivity contribution in [2.75, 3.05) is 19.0 Å². The van der Waals surface area contributed by atoms with Crippen molar-refractivity contribution >= 4 is 28.2 Å². The van der Waals surface area contributed by atoms with Crippen molar-refractivity contribution in [1.82, 2.24) is 0 Å². The number of thiophene rings is 1. The summed E-state index contributed by atoms with van der Waals surface area (Å²) in [5.41, 5.74) is 1.85. The number of carbonyl (C=O) groups excluding carboxylic acids is 2. The Balaban J connectivity index is 1.93. The summed E-state index contributed by atoms with van der Waals surface area (Å²) >= 11 is 1.20. The molecule has 1 heterocycles. The minimum absolute atomic E-state index is 0.230. The number of rotatable bonds is 6. The lowest BCUT2D eigenvalue weighted by Gasteiger charge is -2.09. The highest BCUT2D eigenvalue weighted by Crippen LogP contribution is 2.36. The number of ether oxygens (including phenoxy) is 2. The molecule has 0 atom stereocenters. The van der Waals surface area contributed by atoms with Gasteiger partial charge in [0.2, 0.25) is 0 Å². The normalized spacial score (nSPS) is 10.4. The second-order valence-electron chi connectivity index (χ2n) is 5.77. The van der Waals surface area contributed by atoms with Gasteiger partial charge in [0.15, 0.2) is 0 Å². The number of carbonyl (C=O) groups is 2. The van der Waals surface area contributed by atoms with E-state index in [1.807, 2.05) is 6.92 Å². The van der Waals surface area contributed by atoms with Gasteiger partial charge in [-0.25, -0.2) is 9.18 Å². The third-order valence-corrected chi connectivity index (χ3v) is 4.87. The molecule has 0 radical (unpaired) electrons. The second-order valence-corrected chi connectivity index (χ2v) is 6.65. The molecule has 3 aromatic rings. The highest BCUT2D eigenvalue weighted by Gasteiger charge is 2.23. The lowest BCUT2D eigenvalue weighted by molar-refractivity contribution is 0.0603. The molecule has 0 unspecified atom stereocenters. The van der Waals surface area contributed by atoms with E-state index in [9.17, 15) is 14.0 Å². The Morgan fingerprint density at radius 1 is 1.14 bits per heavy atom. The molecule has 0 fully saturated rings. The Morgan fingerprint density at radius 2 is 1.89 bits per heavy atom. The number of anilines is 1. The predicted octanol–water partition coefficient (Wildman–Crippen LogP) is 4.99. The van der Waals surface area contributed by atoms with Crippen LogP contribution in [0.2, 0.25) is 0 Å². The zero-order chi connectivity index (χ0) is 20.1. The van der Waals surface area contributed by atoms with Crippen molar-refractivity contribution < 1.29 is 23.5 Å². The highest BCUT2D eigenvalue weighted by atomic mass is 32.1. The Labute approximate surface area is 165 Å². The number of amides is 1. The van der Waals surface area contributed by atoms with Crippen LogP contribution in [0.3, 0.4) is 0 Å². The largest absolute Gasteiger partial charge is 0.494 e. The Hall–Kier alpha value is -3.19. The molecular weight excluding hydrogens is 381 g/mol. The van der Waals surface area contributed by atoms with Crippen LogP contribution in [-0.2, 0) is 4.74 Å². The maximum atomic E-state index is 13.2. The lowest BCUT2D eigenvalue weighted by atomic mass is 10.0. The van der Waals surface area contributed by atoms with Crippen molar-refractivity contribution in [2.24, 2.45) is 0 Å². The molecule has 0 saturated carbocycles. The average Bonchev–Trinajstić information content (AvgIpc) is 3.12. The number of halogens is 1. The first-order chi connectivity index (χ1) is 13.5. The van der Waals surface area contributed by atoms with Crippen LogP contribution in [0.5, 0.6) is 5.75 Å². The van der Waals surface area contributed by atoms with E-state index in [1.54, 1.807) is 41.8 Å². The second kappa shape index (κ2) is 8.67. The fourth-order valence-corrected chi connectivity index (χ4v) is 3.62. The van der Waals surface area contributed by atoms with Gasteiger partial charge in [-0.2, -0.15) is 0 Å². The fourth-order valence-electron chi connectivity index (χ4n) is 2.67.